The number of para-hydroxylation sites is 2. The van der Waals surface area contributed by atoms with Gasteiger partial charge in [0.25, 0.3) is 5.91 Å². The Hall–Kier alpha value is -2.20. The van der Waals surface area contributed by atoms with E-state index < -0.39 is 0 Å². The van der Waals surface area contributed by atoms with E-state index in [9.17, 15) is 4.79 Å². The van der Waals surface area contributed by atoms with Crippen molar-refractivity contribution in [3.8, 4) is 0 Å². The average molecular weight is 341 g/mol. The molecule has 0 saturated heterocycles. The highest BCUT2D eigenvalue weighted by Crippen LogP contribution is 2.24. The van der Waals surface area contributed by atoms with E-state index >= 15 is 0 Å². The van der Waals surface area contributed by atoms with Crippen LogP contribution < -0.4 is 5.32 Å². The first-order chi connectivity index (χ1) is 10.1. The molecule has 3 aromatic rings. The smallest absolute Gasteiger partial charge is 0.256 e. The van der Waals surface area contributed by atoms with Crippen molar-refractivity contribution < 1.29 is 4.79 Å². The minimum absolute atomic E-state index is 0.136. The normalized spacial score (nSPS) is 10.6. The Labute approximate surface area is 131 Å². The number of hydrogen-bond donors (Lipinski definition) is 1. The molecule has 1 N–H and O–H groups in total. The number of hydrogen-bond acceptors (Lipinski definition) is 2. The molecule has 0 atom stereocenters. The van der Waals surface area contributed by atoms with E-state index in [-0.39, 0.29) is 5.91 Å². The van der Waals surface area contributed by atoms with Gasteiger partial charge in [0.05, 0.1) is 16.8 Å². The molecule has 3 nitrogen and oxygen atoms in total. The second kappa shape index (κ2) is 5.66. The van der Waals surface area contributed by atoms with Gasteiger partial charge in [0.2, 0.25) is 0 Å². The summed E-state index contributed by atoms with van der Waals surface area (Å²) in [5.74, 6) is -0.136. The molecule has 2 aromatic carbocycles. The zero-order chi connectivity index (χ0) is 14.8. The fourth-order valence-corrected chi connectivity index (χ4v) is 2.63. The number of nitrogens with zero attached hydrogens (tertiary/aromatic N) is 1. The predicted molar refractivity (Wildman–Crippen MR) is 88.6 cm³/mol. The van der Waals surface area contributed by atoms with Gasteiger partial charge in [0, 0.05) is 15.6 Å². The van der Waals surface area contributed by atoms with Crippen molar-refractivity contribution in [2.75, 3.05) is 5.32 Å². The summed E-state index contributed by atoms with van der Waals surface area (Å²) in [6.45, 7) is 1.89. The van der Waals surface area contributed by atoms with E-state index in [1.165, 1.54) is 0 Å². The molecule has 0 aliphatic heterocycles. The third kappa shape index (κ3) is 2.81. The molecule has 1 amide bonds. The number of halogens is 1. The number of aromatic nitrogens is 1. The Morgan fingerprint density at radius 1 is 1.10 bits per heavy atom. The molecule has 0 saturated carbocycles. The van der Waals surface area contributed by atoms with E-state index in [0.717, 1.165) is 26.8 Å². The molecule has 0 fully saturated rings. The van der Waals surface area contributed by atoms with Crippen molar-refractivity contribution >= 4 is 38.4 Å². The van der Waals surface area contributed by atoms with Gasteiger partial charge >= 0.3 is 0 Å². The van der Waals surface area contributed by atoms with Gasteiger partial charge in [0.15, 0.2) is 0 Å². The van der Waals surface area contributed by atoms with Crippen LogP contribution in [0, 0.1) is 6.92 Å². The number of anilines is 1. The molecule has 0 aliphatic carbocycles. The highest BCUT2D eigenvalue weighted by atomic mass is 79.9. The highest BCUT2D eigenvalue weighted by Gasteiger charge is 2.13. The van der Waals surface area contributed by atoms with Crippen molar-refractivity contribution in [3.63, 3.8) is 0 Å². The zero-order valence-electron chi connectivity index (χ0n) is 11.4. The van der Waals surface area contributed by atoms with Crippen molar-refractivity contribution in [1.82, 2.24) is 4.98 Å². The van der Waals surface area contributed by atoms with E-state index in [2.05, 4.69) is 26.2 Å². The second-order valence-corrected chi connectivity index (χ2v) is 5.62. The van der Waals surface area contributed by atoms with Crippen LogP contribution in [0.4, 0.5) is 5.69 Å². The van der Waals surface area contributed by atoms with E-state index in [1.54, 1.807) is 0 Å². The number of pyridine rings is 1. The van der Waals surface area contributed by atoms with Crippen LogP contribution in [0.5, 0.6) is 0 Å². The number of rotatable bonds is 2. The Morgan fingerprint density at radius 3 is 2.62 bits per heavy atom. The third-order valence-electron chi connectivity index (χ3n) is 3.21. The largest absolute Gasteiger partial charge is 0.321 e. The lowest BCUT2D eigenvalue weighted by atomic mass is 10.1. The van der Waals surface area contributed by atoms with Gasteiger partial charge in [0.1, 0.15) is 0 Å². The highest BCUT2D eigenvalue weighted by molar-refractivity contribution is 9.10. The number of carbonyl (C=O) groups is 1. The lowest BCUT2D eigenvalue weighted by Gasteiger charge is -2.10. The molecule has 0 radical (unpaired) electrons. The van der Waals surface area contributed by atoms with Crippen LogP contribution in [0.25, 0.3) is 10.9 Å². The summed E-state index contributed by atoms with van der Waals surface area (Å²) in [6.07, 6.45) is 0. The number of fused-ring (bicyclic) bond motifs is 1. The molecule has 3 rings (SSSR count). The van der Waals surface area contributed by atoms with Gasteiger partial charge in [-0.05, 0) is 47.1 Å². The topological polar surface area (TPSA) is 42.0 Å². The molecular formula is C17H13BrN2O. The van der Waals surface area contributed by atoms with Crippen LogP contribution in [0.1, 0.15) is 16.1 Å². The van der Waals surface area contributed by atoms with Crippen LogP contribution in [0.2, 0.25) is 0 Å². The number of aryl methyl sites for hydroxylation is 1. The zero-order valence-corrected chi connectivity index (χ0v) is 13.0. The summed E-state index contributed by atoms with van der Waals surface area (Å²) in [5, 5.41) is 3.79. The lowest BCUT2D eigenvalue weighted by Crippen LogP contribution is -2.13. The van der Waals surface area contributed by atoms with E-state index in [4.69, 9.17) is 0 Å². The quantitative estimate of drug-likeness (QED) is 0.743. The summed E-state index contributed by atoms with van der Waals surface area (Å²) in [6, 6.07) is 17.0. The molecule has 0 aliphatic rings. The van der Waals surface area contributed by atoms with Gasteiger partial charge in [-0.15, -0.1) is 0 Å². The Kier molecular flexibility index (Phi) is 3.71. The molecule has 0 bridgehead atoms. The van der Waals surface area contributed by atoms with Gasteiger partial charge in [-0.1, -0.05) is 30.3 Å². The minimum atomic E-state index is -0.136. The average Bonchev–Trinajstić information content (AvgIpc) is 2.48. The van der Waals surface area contributed by atoms with Gasteiger partial charge in [-0.3, -0.25) is 9.78 Å². The fourth-order valence-electron chi connectivity index (χ4n) is 2.25. The van der Waals surface area contributed by atoms with Crippen molar-refractivity contribution in [2.24, 2.45) is 0 Å². The summed E-state index contributed by atoms with van der Waals surface area (Å²) in [7, 11) is 0. The van der Waals surface area contributed by atoms with Crippen molar-refractivity contribution in [3.05, 3.63) is 70.3 Å². The van der Waals surface area contributed by atoms with Crippen LogP contribution in [0.15, 0.2) is 59.1 Å². The Balaban J connectivity index is 2.04. The summed E-state index contributed by atoms with van der Waals surface area (Å²) >= 11 is 3.43. The first-order valence-electron chi connectivity index (χ1n) is 6.57. The standard InChI is InChI=1S/C17H13BrN2O/c1-11-10-13(12-6-2-4-8-15(12)19-11)17(21)20-16-9-5-3-7-14(16)18/h2-10H,1H3,(H,20,21). The van der Waals surface area contributed by atoms with E-state index in [1.807, 2.05) is 61.5 Å². The Morgan fingerprint density at radius 2 is 1.81 bits per heavy atom. The predicted octanol–water partition coefficient (Wildman–Crippen LogP) is 4.56. The number of carbonyl (C=O) groups excluding carboxylic acids is 1. The maximum Gasteiger partial charge on any atom is 0.256 e. The molecule has 4 heteroatoms. The lowest BCUT2D eigenvalue weighted by molar-refractivity contribution is 0.102. The Bertz CT molecular complexity index is 830. The molecular weight excluding hydrogens is 328 g/mol. The second-order valence-electron chi connectivity index (χ2n) is 4.76. The first-order valence-corrected chi connectivity index (χ1v) is 7.37. The molecule has 0 spiro atoms. The number of nitrogens with one attached hydrogen (secondary N) is 1. The number of benzene rings is 2. The maximum atomic E-state index is 12.6. The van der Waals surface area contributed by atoms with Crippen LogP contribution >= 0.6 is 15.9 Å². The van der Waals surface area contributed by atoms with Crippen LogP contribution in [0.3, 0.4) is 0 Å². The van der Waals surface area contributed by atoms with Crippen molar-refractivity contribution in [2.45, 2.75) is 6.92 Å². The van der Waals surface area contributed by atoms with E-state index in [0.29, 0.717) is 5.56 Å². The van der Waals surface area contributed by atoms with Gasteiger partial charge in [-0.2, -0.15) is 0 Å². The molecule has 1 heterocycles. The minimum Gasteiger partial charge on any atom is -0.321 e. The number of amides is 1. The van der Waals surface area contributed by atoms with Gasteiger partial charge in [-0.25, -0.2) is 0 Å². The summed E-state index contributed by atoms with van der Waals surface area (Å²) < 4.78 is 0.855. The molecule has 104 valence electrons. The summed E-state index contributed by atoms with van der Waals surface area (Å²) in [4.78, 5) is 17.0. The first kappa shape index (κ1) is 13.8. The third-order valence-corrected chi connectivity index (χ3v) is 3.90. The molecule has 0 unspecified atom stereocenters. The van der Waals surface area contributed by atoms with Crippen LogP contribution in [-0.2, 0) is 0 Å². The molecule has 1 aromatic heterocycles. The fraction of sp³-hybridized carbons (Fsp3) is 0.0588. The molecule has 21 heavy (non-hydrogen) atoms. The summed E-state index contributed by atoms with van der Waals surface area (Å²) in [5.41, 5.74) is 3.04. The van der Waals surface area contributed by atoms with Crippen molar-refractivity contribution in [1.29, 1.82) is 0 Å². The maximum absolute atomic E-state index is 12.6. The SMILES string of the molecule is Cc1cc(C(=O)Nc2ccccc2Br)c2ccccc2n1. The van der Waals surface area contributed by atoms with Gasteiger partial charge < -0.3 is 5.32 Å². The monoisotopic (exact) mass is 340 g/mol. The van der Waals surface area contributed by atoms with Crippen LogP contribution in [-0.4, -0.2) is 10.9 Å².